The minimum atomic E-state index is -0.850. The molecule has 1 aromatic heterocycles. The third-order valence-electron chi connectivity index (χ3n) is 2.48. The molecule has 0 atom stereocenters. The Morgan fingerprint density at radius 1 is 1.40 bits per heavy atom. The molecule has 1 N–H and O–H groups in total. The first-order valence-electron chi connectivity index (χ1n) is 5.54. The summed E-state index contributed by atoms with van der Waals surface area (Å²) in [7, 11) is 1.57. The lowest BCUT2D eigenvalue weighted by Crippen LogP contribution is -2.33. The second-order valence-electron chi connectivity index (χ2n) is 4.00. The molecule has 1 aromatic carbocycles. The average Bonchev–Trinajstić information content (AvgIpc) is 2.35. The number of H-pyrrole nitrogens is 1. The van der Waals surface area contributed by atoms with Gasteiger partial charge in [-0.3, -0.25) is 24.2 Å². The standard InChI is InChI=1S/C12H10ClN3O3S/c1-6(17)8-4-3-7(5-9(8)13)20-12-14-10(18)11(19)15-16(12)2/h3-5H,1-2H3,(H,15,19). The van der Waals surface area contributed by atoms with Crippen molar-refractivity contribution in [3.63, 3.8) is 0 Å². The molecule has 0 amide bonds. The number of aryl methyl sites for hydroxylation is 1. The molecule has 6 nitrogen and oxygen atoms in total. The van der Waals surface area contributed by atoms with Crippen molar-refractivity contribution in [1.82, 2.24) is 14.8 Å². The molecule has 0 saturated carbocycles. The van der Waals surface area contributed by atoms with Crippen molar-refractivity contribution in [2.24, 2.45) is 7.05 Å². The van der Waals surface area contributed by atoms with Crippen LogP contribution in [0.3, 0.4) is 0 Å². The van der Waals surface area contributed by atoms with Crippen molar-refractivity contribution in [3.05, 3.63) is 49.5 Å². The third kappa shape index (κ3) is 3.00. The van der Waals surface area contributed by atoms with E-state index in [1.54, 1.807) is 25.2 Å². The number of Topliss-reactive ketones (excluding diaryl/α,β-unsaturated/α-hetero) is 1. The normalized spacial score (nSPS) is 10.6. The first-order chi connectivity index (χ1) is 9.38. The largest absolute Gasteiger partial charge is 0.339 e. The Labute approximate surface area is 122 Å². The van der Waals surface area contributed by atoms with Crippen LogP contribution in [-0.4, -0.2) is 20.5 Å². The van der Waals surface area contributed by atoms with Crippen molar-refractivity contribution in [2.75, 3.05) is 0 Å². The van der Waals surface area contributed by atoms with Gasteiger partial charge in [-0.1, -0.05) is 23.4 Å². The second kappa shape index (κ2) is 5.64. The molecule has 8 heteroatoms. The van der Waals surface area contributed by atoms with E-state index in [1.165, 1.54) is 11.6 Å². The molecule has 1 heterocycles. The molecule has 0 saturated heterocycles. The molecule has 0 aliphatic carbocycles. The van der Waals surface area contributed by atoms with Gasteiger partial charge in [-0.15, -0.1) is 0 Å². The highest BCUT2D eigenvalue weighted by Crippen LogP contribution is 2.28. The zero-order valence-electron chi connectivity index (χ0n) is 10.6. The van der Waals surface area contributed by atoms with E-state index in [2.05, 4.69) is 10.1 Å². The van der Waals surface area contributed by atoms with Gasteiger partial charge in [-0.2, -0.15) is 4.98 Å². The lowest BCUT2D eigenvalue weighted by molar-refractivity contribution is 0.101. The summed E-state index contributed by atoms with van der Waals surface area (Å²) in [5, 5.41) is 3.00. The van der Waals surface area contributed by atoms with Crippen LogP contribution in [0.5, 0.6) is 0 Å². The van der Waals surface area contributed by atoms with E-state index in [-0.39, 0.29) is 5.78 Å². The van der Waals surface area contributed by atoms with E-state index >= 15 is 0 Å². The van der Waals surface area contributed by atoms with Gasteiger partial charge in [0.05, 0.1) is 5.02 Å². The summed E-state index contributed by atoms with van der Waals surface area (Å²) in [6, 6.07) is 4.92. The van der Waals surface area contributed by atoms with Gasteiger partial charge in [0.25, 0.3) is 0 Å². The van der Waals surface area contributed by atoms with Crippen LogP contribution in [0.4, 0.5) is 0 Å². The lowest BCUT2D eigenvalue weighted by atomic mass is 10.1. The predicted molar refractivity (Wildman–Crippen MR) is 75.7 cm³/mol. The second-order valence-corrected chi connectivity index (χ2v) is 5.45. The summed E-state index contributed by atoms with van der Waals surface area (Å²) < 4.78 is 1.35. The number of ketones is 1. The monoisotopic (exact) mass is 311 g/mol. The number of nitrogens with zero attached hydrogens (tertiary/aromatic N) is 2. The number of aromatic nitrogens is 3. The van der Waals surface area contributed by atoms with E-state index in [9.17, 15) is 14.4 Å². The molecule has 0 radical (unpaired) electrons. The van der Waals surface area contributed by atoms with Crippen LogP contribution in [0.1, 0.15) is 17.3 Å². The Kier molecular flexibility index (Phi) is 4.10. The Morgan fingerprint density at radius 3 is 2.70 bits per heavy atom. The number of hydrogen-bond acceptors (Lipinski definition) is 5. The van der Waals surface area contributed by atoms with Crippen LogP contribution < -0.4 is 11.1 Å². The Morgan fingerprint density at radius 2 is 2.10 bits per heavy atom. The SMILES string of the molecule is CC(=O)c1ccc(Sc2nc(=O)c(=O)[nH]n2C)cc1Cl. The van der Waals surface area contributed by atoms with Crippen LogP contribution in [-0.2, 0) is 7.05 Å². The first kappa shape index (κ1) is 14.5. The van der Waals surface area contributed by atoms with Crippen LogP contribution in [0, 0.1) is 0 Å². The maximum Gasteiger partial charge on any atom is 0.339 e. The van der Waals surface area contributed by atoms with Gasteiger partial charge in [0.2, 0.25) is 0 Å². The van der Waals surface area contributed by atoms with Gasteiger partial charge in [-0.05, 0) is 25.1 Å². The highest BCUT2D eigenvalue weighted by atomic mass is 35.5. The minimum absolute atomic E-state index is 0.124. The molecule has 0 bridgehead atoms. The van der Waals surface area contributed by atoms with Crippen molar-refractivity contribution in [1.29, 1.82) is 0 Å². The molecular formula is C12H10ClN3O3S. The first-order valence-corrected chi connectivity index (χ1v) is 6.73. The van der Waals surface area contributed by atoms with E-state index in [0.29, 0.717) is 20.6 Å². The average molecular weight is 312 g/mol. The van der Waals surface area contributed by atoms with Gasteiger partial charge in [0, 0.05) is 17.5 Å². The number of aromatic amines is 1. The summed E-state index contributed by atoms with van der Waals surface area (Å²) in [6.07, 6.45) is 0. The number of hydrogen-bond donors (Lipinski definition) is 1. The zero-order valence-corrected chi connectivity index (χ0v) is 12.2. The Bertz CT molecular complexity index is 797. The smallest absolute Gasteiger partial charge is 0.294 e. The van der Waals surface area contributed by atoms with Crippen LogP contribution in [0.15, 0.2) is 37.8 Å². The van der Waals surface area contributed by atoms with Gasteiger partial charge in [0.1, 0.15) is 0 Å². The van der Waals surface area contributed by atoms with Gasteiger partial charge >= 0.3 is 11.1 Å². The van der Waals surface area contributed by atoms with Crippen LogP contribution in [0.25, 0.3) is 0 Å². The van der Waals surface area contributed by atoms with Crippen LogP contribution in [0.2, 0.25) is 5.02 Å². The Balaban J connectivity index is 2.38. The molecule has 20 heavy (non-hydrogen) atoms. The maximum atomic E-state index is 11.3. The van der Waals surface area contributed by atoms with E-state index in [1.807, 2.05) is 0 Å². The highest BCUT2D eigenvalue weighted by Gasteiger charge is 2.10. The summed E-state index contributed by atoms with van der Waals surface area (Å²) in [5.74, 6) is -0.124. The quantitative estimate of drug-likeness (QED) is 0.685. The molecule has 0 aliphatic rings. The number of rotatable bonds is 3. The van der Waals surface area contributed by atoms with Crippen molar-refractivity contribution in [3.8, 4) is 0 Å². The Hall–Kier alpha value is -1.86. The van der Waals surface area contributed by atoms with Gasteiger partial charge < -0.3 is 0 Å². The molecule has 0 fully saturated rings. The number of benzene rings is 1. The zero-order chi connectivity index (χ0) is 14.9. The number of carbonyl (C=O) groups is 1. The number of carbonyl (C=O) groups excluding carboxylic acids is 1. The van der Waals surface area contributed by atoms with Crippen molar-refractivity contribution in [2.45, 2.75) is 17.0 Å². The van der Waals surface area contributed by atoms with Crippen molar-refractivity contribution < 1.29 is 4.79 Å². The molecule has 0 aliphatic heterocycles. The van der Waals surface area contributed by atoms with Gasteiger partial charge in [-0.25, -0.2) is 0 Å². The fourth-order valence-electron chi connectivity index (χ4n) is 1.50. The fourth-order valence-corrected chi connectivity index (χ4v) is 2.72. The molecule has 2 rings (SSSR count). The molecule has 2 aromatic rings. The van der Waals surface area contributed by atoms with E-state index in [0.717, 1.165) is 11.8 Å². The third-order valence-corrected chi connectivity index (χ3v) is 3.83. The minimum Gasteiger partial charge on any atom is -0.294 e. The molecule has 0 spiro atoms. The van der Waals surface area contributed by atoms with Crippen molar-refractivity contribution >= 4 is 29.1 Å². The molecule has 0 unspecified atom stereocenters. The topological polar surface area (TPSA) is 84.8 Å². The summed E-state index contributed by atoms with van der Waals surface area (Å²) >= 11 is 7.16. The van der Waals surface area contributed by atoms with E-state index in [4.69, 9.17) is 11.6 Å². The lowest BCUT2D eigenvalue weighted by Gasteiger charge is -2.07. The number of nitrogens with one attached hydrogen (secondary N) is 1. The van der Waals surface area contributed by atoms with Gasteiger partial charge in [0.15, 0.2) is 10.9 Å². The highest BCUT2D eigenvalue weighted by molar-refractivity contribution is 7.99. The molecule has 104 valence electrons. The summed E-state index contributed by atoms with van der Waals surface area (Å²) in [4.78, 5) is 38.0. The fraction of sp³-hybridized carbons (Fsp3) is 0.167. The van der Waals surface area contributed by atoms with Crippen LogP contribution >= 0.6 is 23.4 Å². The summed E-state index contributed by atoms with van der Waals surface area (Å²) in [6.45, 7) is 1.43. The molecular weight excluding hydrogens is 302 g/mol. The predicted octanol–water partition coefficient (Wildman–Crippen LogP) is 1.48. The van der Waals surface area contributed by atoms with E-state index < -0.39 is 11.1 Å². The summed E-state index contributed by atoms with van der Waals surface area (Å²) in [5.41, 5.74) is -1.20. The number of halogens is 1. The maximum absolute atomic E-state index is 11.3.